The fraction of sp³-hybridized carbons (Fsp3) is 0.364. The van der Waals surface area contributed by atoms with Gasteiger partial charge in [-0.3, -0.25) is 14.3 Å². The summed E-state index contributed by atoms with van der Waals surface area (Å²) in [5, 5.41) is 22.5. The number of amides is 1. The zero-order valence-electron chi connectivity index (χ0n) is 10.9. The molecule has 106 valence electrons. The summed E-state index contributed by atoms with van der Waals surface area (Å²) in [7, 11) is 1.82. The lowest BCUT2D eigenvalue weighted by atomic mass is 10.2. The molecule has 0 saturated carbocycles. The Hall–Kier alpha value is -2.71. The van der Waals surface area contributed by atoms with E-state index in [0.717, 1.165) is 10.2 Å². The average Bonchev–Trinajstić information content (AvgIpc) is 2.98. The SMILES string of the molecule is Cn1cc(CCNC(=O)c2cn(CC(=O)O)nn2)cn1. The number of nitrogens with one attached hydrogen (secondary N) is 1. The molecule has 0 radical (unpaired) electrons. The molecular formula is C11H14N6O3. The monoisotopic (exact) mass is 278 g/mol. The summed E-state index contributed by atoms with van der Waals surface area (Å²) in [5.74, 6) is -1.43. The van der Waals surface area contributed by atoms with Crippen molar-refractivity contribution in [3.8, 4) is 0 Å². The van der Waals surface area contributed by atoms with E-state index < -0.39 is 5.97 Å². The molecule has 0 unspecified atom stereocenters. The number of aromatic nitrogens is 5. The molecule has 2 heterocycles. The van der Waals surface area contributed by atoms with E-state index in [2.05, 4.69) is 20.7 Å². The Morgan fingerprint density at radius 3 is 2.85 bits per heavy atom. The van der Waals surface area contributed by atoms with E-state index >= 15 is 0 Å². The number of hydrogen-bond acceptors (Lipinski definition) is 5. The number of carboxylic acid groups (broad SMARTS) is 1. The van der Waals surface area contributed by atoms with Gasteiger partial charge in [0.25, 0.3) is 5.91 Å². The van der Waals surface area contributed by atoms with Crippen LogP contribution >= 0.6 is 0 Å². The summed E-state index contributed by atoms with van der Waals surface area (Å²) in [6.07, 6.45) is 5.56. The first-order valence-corrected chi connectivity index (χ1v) is 5.92. The molecule has 1 amide bonds. The van der Waals surface area contributed by atoms with Crippen LogP contribution in [0.2, 0.25) is 0 Å². The fourth-order valence-corrected chi connectivity index (χ4v) is 1.63. The van der Waals surface area contributed by atoms with E-state index in [4.69, 9.17) is 5.11 Å². The van der Waals surface area contributed by atoms with Crippen molar-refractivity contribution in [1.29, 1.82) is 0 Å². The summed E-state index contributed by atoms with van der Waals surface area (Å²) < 4.78 is 2.78. The zero-order valence-corrected chi connectivity index (χ0v) is 10.9. The molecule has 0 atom stereocenters. The number of hydrogen-bond donors (Lipinski definition) is 2. The third-order valence-corrected chi connectivity index (χ3v) is 2.53. The molecule has 0 fully saturated rings. The smallest absolute Gasteiger partial charge is 0.325 e. The normalized spacial score (nSPS) is 10.4. The van der Waals surface area contributed by atoms with Gasteiger partial charge in [-0.05, 0) is 12.0 Å². The highest BCUT2D eigenvalue weighted by atomic mass is 16.4. The second-order valence-electron chi connectivity index (χ2n) is 4.22. The molecule has 9 heteroatoms. The highest BCUT2D eigenvalue weighted by Gasteiger charge is 2.11. The molecule has 0 saturated heterocycles. The minimum atomic E-state index is -1.04. The number of rotatable bonds is 6. The Kier molecular flexibility index (Phi) is 4.08. The molecule has 2 aromatic rings. The topological polar surface area (TPSA) is 115 Å². The van der Waals surface area contributed by atoms with Gasteiger partial charge in [-0.15, -0.1) is 5.10 Å². The first-order chi connectivity index (χ1) is 9.54. The molecule has 20 heavy (non-hydrogen) atoms. The Balaban J connectivity index is 1.82. The van der Waals surface area contributed by atoms with Crippen molar-refractivity contribution in [3.63, 3.8) is 0 Å². The van der Waals surface area contributed by atoms with E-state index in [-0.39, 0.29) is 18.1 Å². The minimum Gasteiger partial charge on any atom is -0.480 e. The summed E-state index contributed by atoms with van der Waals surface area (Å²) in [6.45, 7) is 0.117. The van der Waals surface area contributed by atoms with Crippen LogP contribution in [0.4, 0.5) is 0 Å². The Labute approximate surface area is 114 Å². The van der Waals surface area contributed by atoms with Crippen molar-refractivity contribution in [1.82, 2.24) is 30.1 Å². The summed E-state index contributed by atoms with van der Waals surface area (Å²) >= 11 is 0. The fourth-order valence-electron chi connectivity index (χ4n) is 1.63. The van der Waals surface area contributed by atoms with Crippen molar-refractivity contribution in [2.75, 3.05) is 6.54 Å². The number of nitrogens with zero attached hydrogens (tertiary/aromatic N) is 5. The number of carboxylic acids is 1. The van der Waals surface area contributed by atoms with Crippen LogP contribution in [0, 0.1) is 0 Å². The van der Waals surface area contributed by atoms with Gasteiger partial charge in [-0.25, -0.2) is 4.68 Å². The van der Waals surface area contributed by atoms with Crippen LogP contribution < -0.4 is 5.32 Å². The first kappa shape index (κ1) is 13.7. The van der Waals surface area contributed by atoms with Gasteiger partial charge in [-0.2, -0.15) is 5.10 Å². The van der Waals surface area contributed by atoms with Crippen LogP contribution in [0.3, 0.4) is 0 Å². The van der Waals surface area contributed by atoms with E-state index in [1.165, 1.54) is 6.20 Å². The lowest BCUT2D eigenvalue weighted by Gasteiger charge is -2.00. The van der Waals surface area contributed by atoms with Gasteiger partial charge in [0.2, 0.25) is 0 Å². The lowest BCUT2D eigenvalue weighted by molar-refractivity contribution is -0.137. The number of carbonyl (C=O) groups excluding carboxylic acids is 1. The van der Waals surface area contributed by atoms with Crippen molar-refractivity contribution < 1.29 is 14.7 Å². The molecule has 0 aromatic carbocycles. The molecule has 0 aliphatic carbocycles. The maximum absolute atomic E-state index is 11.7. The quantitative estimate of drug-likeness (QED) is 0.705. The lowest BCUT2D eigenvalue weighted by Crippen LogP contribution is -2.26. The molecule has 0 aliphatic rings. The maximum atomic E-state index is 11.7. The summed E-state index contributed by atoms with van der Waals surface area (Å²) in [4.78, 5) is 22.2. The second kappa shape index (κ2) is 5.95. The van der Waals surface area contributed by atoms with Crippen molar-refractivity contribution in [2.45, 2.75) is 13.0 Å². The minimum absolute atomic E-state index is 0.0948. The average molecular weight is 278 g/mol. The van der Waals surface area contributed by atoms with Gasteiger partial charge < -0.3 is 10.4 Å². The van der Waals surface area contributed by atoms with Crippen LogP contribution in [0.15, 0.2) is 18.6 Å². The van der Waals surface area contributed by atoms with E-state index in [9.17, 15) is 9.59 Å². The number of carbonyl (C=O) groups is 2. The van der Waals surface area contributed by atoms with Gasteiger partial charge in [-0.1, -0.05) is 5.21 Å². The van der Waals surface area contributed by atoms with Gasteiger partial charge >= 0.3 is 5.97 Å². The maximum Gasteiger partial charge on any atom is 0.325 e. The van der Waals surface area contributed by atoms with Gasteiger partial charge in [0, 0.05) is 19.8 Å². The van der Waals surface area contributed by atoms with Crippen LogP contribution in [-0.4, -0.2) is 48.3 Å². The predicted molar refractivity (Wildman–Crippen MR) is 66.9 cm³/mol. The molecule has 0 bridgehead atoms. The van der Waals surface area contributed by atoms with Gasteiger partial charge in [0.1, 0.15) is 6.54 Å². The highest BCUT2D eigenvalue weighted by molar-refractivity contribution is 5.91. The number of aliphatic carboxylic acids is 1. The van der Waals surface area contributed by atoms with Crippen molar-refractivity contribution >= 4 is 11.9 Å². The standard InChI is InChI=1S/C11H14N6O3/c1-16-5-8(4-13-16)2-3-12-11(20)9-6-17(15-14-9)7-10(18)19/h4-6H,2-3,7H2,1H3,(H,12,20)(H,18,19). The molecular weight excluding hydrogens is 264 g/mol. The summed E-state index contributed by atoms with van der Waals surface area (Å²) in [5.41, 5.74) is 1.11. The third kappa shape index (κ3) is 3.64. The van der Waals surface area contributed by atoms with Gasteiger partial charge in [0.15, 0.2) is 5.69 Å². The molecule has 0 spiro atoms. The van der Waals surface area contributed by atoms with Crippen LogP contribution in [-0.2, 0) is 24.8 Å². The highest BCUT2D eigenvalue weighted by Crippen LogP contribution is 1.97. The largest absolute Gasteiger partial charge is 0.480 e. The predicted octanol–water partition coefficient (Wildman–Crippen LogP) is -0.931. The Morgan fingerprint density at radius 2 is 2.20 bits per heavy atom. The molecule has 2 rings (SSSR count). The molecule has 9 nitrogen and oxygen atoms in total. The Morgan fingerprint density at radius 1 is 1.40 bits per heavy atom. The molecule has 2 aromatic heterocycles. The number of aryl methyl sites for hydroxylation is 1. The van der Waals surface area contributed by atoms with E-state index in [0.29, 0.717) is 13.0 Å². The van der Waals surface area contributed by atoms with Gasteiger partial charge in [0.05, 0.1) is 12.4 Å². The third-order valence-electron chi connectivity index (χ3n) is 2.53. The van der Waals surface area contributed by atoms with Crippen LogP contribution in [0.5, 0.6) is 0 Å². The molecule has 0 aliphatic heterocycles. The van der Waals surface area contributed by atoms with Crippen molar-refractivity contribution in [2.24, 2.45) is 7.05 Å². The van der Waals surface area contributed by atoms with Crippen LogP contribution in [0.25, 0.3) is 0 Å². The zero-order chi connectivity index (χ0) is 14.5. The first-order valence-electron chi connectivity index (χ1n) is 5.92. The van der Waals surface area contributed by atoms with E-state index in [1.807, 2.05) is 13.2 Å². The van der Waals surface area contributed by atoms with Crippen LogP contribution in [0.1, 0.15) is 16.1 Å². The summed E-state index contributed by atoms with van der Waals surface area (Å²) in [6, 6.07) is 0. The van der Waals surface area contributed by atoms with E-state index in [1.54, 1.807) is 10.9 Å². The Bertz CT molecular complexity index is 617. The molecule has 2 N–H and O–H groups in total. The van der Waals surface area contributed by atoms with Crippen molar-refractivity contribution in [3.05, 3.63) is 29.8 Å². The second-order valence-corrected chi connectivity index (χ2v) is 4.22.